The standard InChI is InChI=1S/C18H19F3N4OS/c1-2-13-22-17-25(23-13)16(26)15(27-17)14(24-9-3-4-10-24)11-5-7-12(8-6-11)18(19,20)21/h5-8,14,26H,2-4,9-10H2,1H3/t14-/m0/s1. The molecular formula is C18H19F3N4OS. The van der Waals surface area contributed by atoms with Crippen LogP contribution in [-0.2, 0) is 12.6 Å². The van der Waals surface area contributed by atoms with E-state index in [4.69, 9.17) is 0 Å². The van der Waals surface area contributed by atoms with Gasteiger partial charge in [-0.1, -0.05) is 30.4 Å². The van der Waals surface area contributed by atoms with Gasteiger partial charge in [-0.2, -0.15) is 17.7 Å². The smallest absolute Gasteiger partial charge is 0.416 e. The molecule has 4 rings (SSSR count). The Labute approximate surface area is 158 Å². The highest BCUT2D eigenvalue weighted by molar-refractivity contribution is 7.17. The highest BCUT2D eigenvalue weighted by Crippen LogP contribution is 2.41. The van der Waals surface area contributed by atoms with Gasteiger partial charge in [0, 0.05) is 6.42 Å². The predicted octanol–water partition coefficient (Wildman–Crippen LogP) is 4.26. The Morgan fingerprint density at radius 1 is 1.19 bits per heavy atom. The summed E-state index contributed by atoms with van der Waals surface area (Å²) in [5.74, 6) is 0.661. The summed E-state index contributed by atoms with van der Waals surface area (Å²) in [5, 5.41) is 15.0. The number of rotatable bonds is 4. The second-order valence-corrected chi connectivity index (χ2v) is 7.64. The number of alkyl halides is 3. The minimum atomic E-state index is -4.37. The van der Waals surface area contributed by atoms with Crippen molar-refractivity contribution < 1.29 is 18.3 Å². The van der Waals surface area contributed by atoms with Gasteiger partial charge in [0.1, 0.15) is 0 Å². The summed E-state index contributed by atoms with van der Waals surface area (Å²) in [6, 6.07) is 4.88. The van der Waals surface area contributed by atoms with Gasteiger partial charge in [-0.25, -0.2) is 4.98 Å². The Morgan fingerprint density at radius 3 is 2.41 bits per heavy atom. The van der Waals surface area contributed by atoms with E-state index in [-0.39, 0.29) is 11.9 Å². The minimum Gasteiger partial charge on any atom is -0.492 e. The maximum Gasteiger partial charge on any atom is 0.416 e. The Balaban J connectivity index is 1.78. The van der Waals surface area contributed by atoms with E-state index in [0.717, 1.165) is 43.6 Å². The summed E-state index contributed by atoms with van der Waals surface area (Å²) in [4.78, 5) is 7.85. The van der Waals surface area contributed by atoms with Gasteiger partial charge in [0.2, 0.25) is 10.8 Å². The predicted molar refractivity (Wildman–Crippen MR) is 96.0 cm³/mol. The monoisotopic (exact) mass is 396 g/mol. The Hall–Kier alpha value is -2.13. The zero-order chi connectivity index (χ0) is 19.2. The molecule has 9 heteroatoms. The van der Waals surface area contributed by atoms with Crippen molar-refractivity contribution in [3.05, 3.63) is 46.1 Å². The number of likely N-dealkylation sites (tertiary alicyclic amines) is 1. The second kappa shape index (κ2) is 6.79. The number of aromatic nitrogens is 3. The second-order valence-electron chi connectivity index (χ2n) is 6.63. The molecule has 0 radical (unpaired) electrons. The minimum absolute atomic E-state index is 0.0130. The van der Waals surface area contributed by atoms with Crippen molar-refractivity contribution in [3.63, 3.8) is 0 Å². The molecule has 1 fully saturated rings. The highest BCUT2D eigenvalue weighted by Gasteiger charge is 2.33. The maximum atomic E-state index is 12.9. The number of halogens is 3. The number of aryl methyl sites for hydroxylation is 1. The molecule has 3 aromatic rings. The van der Waals surface area contributed by atoms with Gasteiger partial charge in [0.15, 0.2) is 5.82 Å². The molecule has 2 aromatic heterocycles. The first-order valence-corrected chi connectivity index (χ1v) is 9.68. The van der Waals surface area contributed by atoms with Gasteiger partial charge in [-0.3, -0.25) is 4.90 Å². The van der Waals surface area contributed by atoms with Crippen LogP contribution in [0.15, 0.2) is 24.3 Å². The lowest BCUT2D eigenvalue weighted by atomic mass is 10.0. The molecule has 1 aliphatic heterocycles. The molecule has 0 unspecified atom stereocenters. The van der Waals surface area contributed by atoms with Crippen LogP contribution in [0, 0.1) is 0 Å². The summed E-state index contributed by atoms with van der Waals surface area (Å²) in [5.41, 5.74) is 0.0475. The normalized spacial score (nSPS) is 17.0. The number of fused-ring (bicyclic) bond motifs is 1. The lowest BCUT2D eigenvalue weighted by Crippen LogP contribution is -2.26. The molecular weight excluding hydrogens is 377 g/mol. The molecule has 27 heavy (non-hydrogen) atoms. The van der Waals surface area contributed by atoms with Crippen LogP contribution in [0.5, 0.6) is 5.88 Å². The molecule has 0 spiro atoms. The number of thiazole rings is 1. The van der Waals surface area contributed by atoms with Crippen LogP contribution in [0.2, 0.25) is 0 Å². The maximum absolute atomic E-state index is 12.9. The zero-order valence-corrected chi connectivity index (χ0v) is 15.5. The summed E-state index contributed by atoms with van der Waals surface area (Å²) < 4.78 is 40.2. The van der Waals surface area contributed by atoms with Gasteiger partial charge in [-0.05, 0) is 43.6 Å². The SMILES string of the molecule is CCc1nc2sc([C@H](c3ccc(C(F)(F)F)cc3)N3CCCC3)c(O)n2n1. The Kier molecular flexibility index (Phi) is 4.59. The first-order chi connectivity index (χ1) is 12.9. The van der Waals surface area contributed by atoms with E-state index >= 15 is 0 Å². The Morgan fingerprint density at radius 2 is 1.85 bits per heavy atom. The third kappa shape index (κ3) is 3.29. The fraction of sp³-hybridized carbons (Fsp3) is 0.444. The fourth-order valence-electron chi connectivity index (χ4n) is 3.50. The molecule has 3 heterocycles. The lowest BCUT2D eigenvalue weighted by Gasteiger charge is -2.27. The van der Waals surface area contributed by atoms with Crippen molar-refractivity contribution in [2.75, 3.05) is 13.1 Å². The summed E-state index contributed by atoms with van der Waals surface area (Å²) >= 11 is 1.34. The van der Waals surface area contributed by atoms with E-state index in [1.54, 1.807) is 0 Å². The fourth-order valence-corrected chi connectivity index (χ4v) is 4.64. The highest BCUT2D eigenvalue weighted by atomic mass is 32.1. The Bertz CT molecular complexity index is 942. The molecule has 1 aliphatic rings. The summed E-state index contributed by atoms with van der Waals surface area (Å²) in [6.45, 7) is 3.60. The molecule has 1 N–H and O–H groups in total. The number of hydrogen-bond acceptors (Lipinski definition) is 5. The number of benzene rings is 1. The molecule has 1 atom stereocenters. The van der Waals surface area contributed by atoms with Crippen molar-refractivity contribution in [3.8, 4) is 5.88 Å². The van der Waals surface area contributed by atoms with Gasteiger partial charge in [0.25, 0.3) is 0 Å². The molecule has 0 aliphatic carbocycles. The summed E-state index contributed by atoms with van der Waals surface area (Å²) in [7, 11) is 0. The largest absolute Gasteiger partial charge is 0.492 e. The van der Waals surface area contributed by atoms with E-state index in [1.165, 1.54) is 28.0 Å². The van der Waals surface area contributed by atoms with Crippen LogP contribution in [-0.4, -0.2) is 37.7 Å². The first kappa shape index (κ1) is 18.2. The van der Waals surface area contributed by atoms with Crippen LogP contribution >= 0.6 is 11.3 Å². The van der Waals surface area contributed by atoms with E-state index in [0.29, 0.717) is 22.1 Å². The number of aromatic hydroxyl groups is 1. The van der Waals surface area contributed by atoms with E-state index in [2.05, 4.69) is 15.0 Å². The topological polar surface area (TPSA) is 53.7 Å². The lowest BCUT2D eigenvalue weighted by molar-refractivity contribution is -0.137. The quantitative estimate of drug-likeness (QED) is 0.716. The molecule has 5 nitrogen and oxygen atoms in total. The van der Waals surface area contributed by atoms with Crippen molar-refractivity contribution in [1.82, 2.24) is 19.5 Å². The van der Waals surface area contributed by atoms with Crippen LogP contribution in [0.25, 0.3) is 4.96 Å². The van der Waals surface area contributed by atoms with E-state index in [1.807, 2.05) is 6.92 Å². The molecule has 1 aromatic carbocycles. The number of hydrogen-bond donors (Lipinski definition) is 1. The third-order valence-electron chi connectivity index (χ3n) is 4.87. The molecule has 0 saturated carbocycles. The van der Waals surface area contributed by atoms with E-state index < -0.39 is 11.7 Å². The average molecular weight is 396 g/mol. The molecule has 0 amide bonds. The molecule has 0 bridgehead atoms. The van der Waals surface area contributed by atoms with E-state index in [9.17, 15) is 18.3 Å². The number of nitrogens with zero attached hydrogens (tertiary/aromatic N) is 4. The van der Waals surface area contributed by atoms with Crippen LogP contribution < -0.4 is 0 Å². The summed E-state index contributed by atoms with van der Waals surface area (Å²) in [6.07, 6.45) is -1.65. The van der Waals surface area contributed by atoms with Gasteiger partial charge >= 0.3 is 6.18 Å². The molecule has 1 saturated heterocycles. The van der Waals surface area contributed by atoms with Gasteiger partial charge in [-0.15, -0.1) is 5.10 Å². The third-order valence-corrected chi connectivity index (χ3v) is 5.94. The molecule has 144 valence electrons. The van der Waals surface area contributed by atoms with Crippen molar-refractivity contribution in [2.45, 2.75) is 38.4 Å². The van der Waals surface area contributed by atoms with Crippen molar-refractivity contribution >= 4 is 16.3 Å². The first-order valence-electron chi connectivity index (χ1n) is 8.87. The van der Waals surface area contributed by atoms with Crippen molar-refractivity contribution in [1.29, 1.82) is 0 Å². The zero-order valence-electron chi connectivity index (χ0n) is 14.7. The van der Waals surface area contributed by atoms with Crippen LogP contribution in [0.4, 0.5) is 13.2 Å². The average Bonchev–Trinajstić information content (AvgIpc) is 3.35. The van der Waals surface area contributed by atoms with Gasteiger partial charge < -0.3 is 5.11 Å². The van der Waals surface area contributed by atoms with Gasteiger partial charge in [0.05, 0.1) is 16.5 Å². The van der Waals surface area contributed by atoms with Crippen LogP contribution in [0.1, 0.15) is 47.6 Å². The van der Waals surface area contributed by atoms with Crippen molar-refractivity contribution in [2.24, 2.45) is 0 Å². The van der Waals surface area contributed by atoms with Crippen LogP contribution in [0.3, 0.4) is 0 Å².